The summed E-state index contributed by atoms with van der Waals surface area (Å²) in [6, 6.07) is 8.19. The number of imidazole rings is 1. The van der Waals surface area contributed by atoms with Crippen molar-refractivity contribution in [2.45, 2.75) is 13.3 Å². The molecule has 0 aliphatic carbocycles. The third kappa shape index (κ3) is 8.19. The van der Waals surface area contributed by atoms with Crippen LogP contribution in [0.4, 0.5) is 20.3 Å². The molecule has 2 aromatic carbocycles. The summed E-state index contributed by atoms with van der Waals surface area (Å²) in [6.45, 7) is 3.41. The second kappa shape index (κ2) is 14.6. The predicted molar refractivity (Wildman–Crippen MR) is 158 cm³/mol. The van der Waals surface area contributed by atoms with E-state index in [2.05, 4.69) is 47.7 Å². The van der Waals surface area contributed by atoms with E-state index in [-0.39, 0.29) is 45.3 Å². The van der Waals surface area contributed by atoms with Crippen molar-refractivity contribution in [1.29, 1.82) is 0 Å². The van der Waals surface area contributed by atoms with E-state index in [9.17, 15) is 13.6 Å². The van der Waals surface area contributed by atoms with Crippen molar-refractivity contribution in [3.05, 3.63) is 71.7 Å². The Labute approximate surface area is 260 Å². The maximum Gasteiger partial charge on any atom is 0.201 e. The number of aryl methyl sites for hydroxylation is 1. The van der Waals surface area contributed by atoms with E-state index in [1.54, 1.807) is 22.7 Å². The number of alkyl halides is 1. The average molecular weight is 705 g/mol. The second-order valence-corrected chi connectivity index (χ2v) is 14.9. The Morgan fingerprint density at radius 1 is 1.14 bits per heavy atom. The van der Waals surface area contributed by atoms with Crippen LogP contribution in [0.15, 0.2) is 48.9 Å². The van der Waals surface area contributed by atoms with Gasteiger partial charge in [-0.1, -0.05) is 5.92 Å². The Morgan fingerprint density at radius 3 is 2.70 bits per heavy atom. The van der Waals surface area contributed by atoms with Crippen molar-refractivity contribution in [2.75, 3.05) is 57.3 Å². The molecule has 0 unspecified atom stereocenters. The molecule has 0 saturated carbocycles. The zero-order valence-electron chi connectivity index (χ0n) is 24.6. The summed E-state index contributed by atoms with van der Waals surface area (Å²) in [5, 5.41) is 6.18. The molecule has 0 radical (unpaired) electrons. The van der Waals surface area contributed by atoms with Gasteiger partial charge in [-0.15, -0.1) is 6.42 Å². The Balaban J connectivity index is 1.45. The third-order valence-corrected chi connectivity index (χ3v) is 9.22. The molecule has 2 aromatic heterocycles. The number of benzene rings is 2. The fourth-order valence-electron chi connectivity index (χ4n) is 4.27. The summed E-state index contributed by atoms with van der Waals surface area (Å²) in [6.07, 6.45) is 10.4. The molecule has 9 nitrogen and oxygen atoms in total. The van der Waals surface area contributed by atoms with Crippen molar-refractivity contribution in [1.82, 2.24) is 19.7 Å². The fourth-order valence-corrected chi connectivity index (χ4v) is 6.22. The molecule has 1 amide bonds. The van der Waals surface area contributed by atoms with Crippen LogP contribution in [0.25, 0.3) is 16.9 Å². The molecular formula is C31H35F2IN6O3. The molecule has 2 N–H and O–H groups in total. The number of anilines is 2. The van der Waals surface area contributed by atoms with Gasteiger partial charge in [0.2, 0.25) is 5.82 Å². The Bertz CT molecular complexity index is 1630. The molecule has 43 heavy (non-hydrogen) atoms. The van der Waals surface area contributed by atoms with Crippen LogP contribution in [0.3, 0.4) is 0 Å². The fraction of sp³-hybridized carbons (Fsp3) is 0.323. The number of nitrogens with zero attached hydrogens (tertiary/aromatic N) is 4. The molecule has 0 aliphatic rings. The monoisotopic (exact) mass is 704 g/mol. The zero-order valence-corrected chi connectivity index (χ0v) is 26.7. The standard InChI is InChI=1S/C31H35F2IN6O3/c1-6-16-43-26-11-10-24(27(32)28(26)33)25-20-37-30-29(35-13-15-39(25)30)38-22-8-9-23(21(7-2)19-22)31(41)36-14-18-42-17-12-34-40(3,4)5/h1,8-11,13,15,19-20H,7,12,14,16-18H2,2-5H3,(H,35,38)(H,36,41). The molecule has 228 valence electrons. The van der Waals surface area contributed by atoms with Gasteiger partial charge in [-0.3, -0.25) is 4.40 Å². The zero-order chi connectivity index (χ0) is 31.0. The number of quaternary nitrogens is 1. The van der Waals surface area contributed by atoms with Crippen molar-refractivity contribution in [3.63, 3.8) is 0 Å². The average Bonchev–Trinajstić information content (AvgIpc) is 3.41. The first kappa shape index (κ1) is 32.1. The number of fused-ring (bicyclic) bond motifs is 1. The summed E-state index contributed by atoms with van der Waals surface area (Å²) in [4.78, 5) is 21.7. The summed E-state index contributed by atoms with van der Waals surface area (Å²) in [5.41, 5.74) is 2.90. The molecule has 4 rings (SSSR count). The number of nitrogens with one attached hydrogen (secondary N) is 2. The van der Waals surface area contributed by atoms with Crippen molar-refractivity contribution in [2.24, 2.45) is 0 Å². The third-order valence-electron chi connectivity index (χ3n) is 6.25. The smallest absolute Gasteiger partial charge is 0.201 e. The van der Waals surface area contributed by atoms with Gasteiger partial charge >= 0.3 is 144 Å². The molecule has 0 bridgehead atoms. The largest absolute Gasteiger partial charge is 0.295 e. The number of ether oxygens (including phenoxy) is 2. The number of rotatable bonds is 14. The maximum absolute atomic E-state index is 15.0. The Morgan fingerprint density at radius 2 is 1.95 bits per heavy atom. The number of terminal acetylenes is 1. The molecule has 0 saturated heterocycles. The van der Waals surface area contributed by atoms with Crippen molar-refractivity contribution >= 4 is 23.1 Å². The van der Waals surface area contributed by atoms with Crippen molar-refractivity contribution < 1.29 is 47.2 Å². The van der Waals surface area contributed by atoms with Crippen LogP contribution in [0.2, 0.25) is 0 Å². The van der Waals surface area contributed by atoms with E-state index in [4.69, 9.17) is 15.9 Å². The van der Waals surface area contributed by atoms with Crippen LogP contribution in [-0.4, -0.2) is 74.9 Å². The minimum Gasteiger partial charge on any atom is -0.295 e. The van der Waals surface area contributed by atoms with Gasteiger partial charge in [0, 0.05) is 18.0 Å². The first-order chi connectivity index (χ1) is 20.6. The molecule has 4 aromatic rings. The van der Waals surface area contributed by atoms with Gasteiger partial charge in [0.15, 0.2) is 23.0 Å². The van der Waals surface area contributed by atoms with E-state index in [0.717, 1.165) is 12.7 Å². The first-order valence-corrected chi connectivity index (χ1v) is 16.2. The molecule has 12 heteroatoms. The summed E-state index contributed by atoms with van der Waals surface area (Å²) < 4.78 is 44.0. The summed E-state index contributed by atoms with van der Waals surface area (Å²) >= 11 is 0.0264. The van der Waals surface area contributed by atoms with Crippen LogP contribution in [0, 0.1) is 24.0 Å². The Kier molecular flexibility index (Phi) is 10.9. The number of hydrogen-bond donors (Lipinski definition) is 2. The van der Waals surface area contributed by atoms with Crippen LogP contribution in [-0.2, 0) is 11.2 Å². The number of amides is 1. The number of carbonyl (C=O) groups is 1. The van der Waals surface area contributed by atoms with Crippen LogP contribution >= 0.6 is 0 Å². The molecular weight excluding hydrogens is 669 g/mol. The van der Waals surface area contributed by atoms with Crippen LogP contribution < -0.4 is 36.8 Å². The minimum atomic E-state index is -1.13. The number of aromatic nitrogens is 3. The number of hydrogen-bond acceptors (Lipinski definition) is 6. The van der Waals surface area contributed by atoms with E-state index in [1.165, 1.54) is 24.5 Å². The second-order valence-electron chi connectivity index (χ2n) is 10.2. The molecule has 2 heterocycles. The van der Waals surface area contributed by atoms with Gasteiger partial charge in [0.1, 0.15) is 6.61 Å². The van der Waals surface area contributed by atoms with Gasteiger partial charge in [0.05, 0.1) is 11.9 Å². The molecule has 0 spiro atoms. The predicted octanol–water partition coefficient (Wildman–Crippen LogP) is 1.45. The van der Waals surface area contributed by atoms with E-state index in [0.29, 0.717) is 54.6 Å². The van der Waals surface area contributed by atoms with E-state index < -0.39 is 11.6 Å². The van der Waals surface area contributed by atoms with Crippen LogP contribution in [0.1, 0.15) is 22.8 Å². The SMILES string of the molecule is C#CCOc1ccc(-c2cnc3c(Nc4ccc(C(=O)NCCOCC[I-][N+](C)(C)C)c(CC)c4)nccn23)c(F)c1F. The number of halogens is 3. The normalized spacial score (nSPS) is 11.5. The van der Waals surface area contributed by atoms with E-state index >= 15 is 0 Å². The molecule has 0 atom stereocenters. The topological polar surface area (TPSA) is 89.8 Å². The summed E-state index contributed by atoms with van der Waals surface area (Å²) in [7, 11) is 6.57. The van der Waals surface area contributed by atoms with Gasteiger partial charge in [-0.25, -0.2) is 14.4 Å². The first-order valence-electron chi connectivity index (χ1n) is 13.7. The quantitative estimate of drug-likeness (QED) is 0.0680. The Hall–Kier alpha value is -3.80. The van der Waals surface area contributed by atoms with E-state index in [1.807, 2.05) is 13.0 Å². The molecule has 0 fully saturated rings. The maximum atomic E-state index is 15.0. The minimum absolute atomic E-state index is 0.00914. The van der Waals surface area contributed by atoms with Crippen molar-refractivity contribution in [3.8, 4) is 29.4 Å². The van der Waals surface area contributed by atoms with Gasteiger partial charge in [-0.2, -0.15) is 4.39 Å². The number of carbonyl (C=O) groups excluding carboxylic acids is 1. The van der Waals surface area contributed by atoms with Gasteiger partial charge in [0.25, 0.3) is 0 Å². The molecule has 0 aliphatic heterocycles. The van der Waals surface area contributed by atoms with Gasteiger partial charge in [-0.05, 0) is 12.1 Å². The van der Waals surface area contributed by atoms with Crippen LogP contribution in [0.5, 0.6) is 5.75 Å². The van der Waals surface area contributed by atoms with Gasteiger partial charge < -0.3 is 4.74 Å². The summed E-state index contributed by atoms with van der Waals surface area (Å²) in [5.74, 6) is 0.0140.